The van der Waals surface area contributed by atoms with Gasteiger partial charge in [-0.15, -0.1) is 10.2 Å². The summed E-state index contributed by atoms with van der Waals surface area (Å²) in [6, 6.07) is 6.55. The van der Waals surface area contributed by atoms with E-state index >= 15 is 0 Å². The Morgan fingerprint density at radius 2 is 1.94 bits per heavy atom. The number of sulfonamides is 1. The van der Waals surface area contributed by atoms with Gasteiger partial charge < -0.3 is 15.2 Å². The molecule has 12 nitrogen and oxygen atoms in total. The minimum Gasteiger partial charge on any atom is -0.368 e. The lowest BCUT2D eigenvalue weighted by Crippen LogP contribution is -2.28. The molecule has 1 aliphatic carbocycles. The number of nitrogens with zero attached hydrogens (tertiary/aromatic N) is 4. The number of rotatable bonds is 11. The highest BCUT2D eigenvalue weighted by Gasteiger charge is 2.23. The van der Waals surface area contributed by atoms with Gasteiger partial charge in [-0.05, 0) is 43.2 Å². The van der Waals surface area contributed by atoms with E-state index in [4.69, 9.17) is 4.52 Å². The number of hydrogen-bond donors (Lipinski definition) is 3. The second-order valence-corrected chi connectivity index (χ2v) is 9.89. The number of fused-ring (bicyclic) bond motifs is 1. The van der Waals surface area contributed by atoms with E-state index in [0.29, 0.717) is 60.3 Å². The molecule has 13 heteroatoms. The van der Waals surface area contributed by atoms with Crippen LogP contribution in [0, 0.1) is 0 Å². The smallest absolute Gasteiger partial charge is 0.295 e. The Labute approximate surface area is 207 Å². The lowest BCUT2D eigenvalue weighted by molar-refractivity contribution is -0.121. The first-order chi connectivity index (χ1) is 17.3. The van der Waals surface area contributed by atoms with Crippen LogP contribution < -0.4 is 15.4 Å². The maximum Gasteiger partial charge on any atom is 0.295 e. The van der Waals surface area contributed by atoms with Crippen molar-refractivity contribution in [2.75, 3.05) is 24.1 Å². The minimum atomic E-state index is -3.35. The van der Waals surface area contributed by atoms with Crippen LogP contribution in [0.5, 0.6) is 0 Å². The molecule has 0 saturated carbocycles. The van der Waals surface area contributed by atoms with Gasteiger partial charge in [-0.1, -0.05) is 17.3 Å². The minimum absolute atomic E-state index is 0.140. The van der Waals surface area contributed by atoms with Crippen LogP contribution >= 0.6 is 0 Å². The highest BCUT2D eigenvalue weighted by Crippen LogP contribution is 2.27. The highest BCUT2D eigenvalue weighted by molar-refractivity contribution is 7.92. The van der Waals surface area contributed by atoms with Gasteiger partial charge in [0.15, 0.2) is 5.82 Å². The van der Waals surface area contributed by atoms with Crippen LogP contribution in [0.2, 0.25) is 0 Å². The lowest BCUT2D eigenvalue weighted by atomic mass is 9.97. The quantitative estimate of drug-likeness (QED) is 0.386. The Morgan fingerprint density at radius 3 is 2.72 bits per heavy atom. The van der Waals surface area contributed by atoms with Crippen LogP contribution in [-0.4, -0.2) is 49.7 Å². The molecule has 2 heterocycles. The van der Waals surface area contributed by atoms with E-state index < -0.39 is 10.0 Å². The number of benzene rings is 1. The molecule has 4 rings (SSSR count). The Hall–Kier alpha value is -4.13. The number of anilines is 1. The van der Waals surface area contributed by atoms with E-state index in [1.54, 1.807) is 30.3 Å². The summed E-state index contributed by atoms with van der Waals surface area (Å²) in [6.07, 6.45) is 8.37. The first kappa shape index (κ1) is 25.0. The highest BCUT2D eigenvalue weighted by atomic mass is 32.2. The Bertz CT molecular complexity index is 1370. The van der Waals surface area contributed by atoms with Gasteiger partial charge in [0.05, 0.1) is 11.8 Å². The molecule has 0 bridgehead atoms. The number of carbonyl (C=O) groups excluding carboxylic acids is 2. The first-order valence-corrected chi connectivity index (χ1v) is 13.2. The molecule has 2 aliphatic rings. The summed E-state index contributed by atoms with van der Waals surface area (Å²) in [7, 11) is -3.35. The molecular weight excluding hydrogens is 486 g/mol. The molecule has 188 valence electrons. The van der Waals surface area contributed by atoms with Gasteiger partial charge >= 0.3 is 0 Å². The molecule has 0 radical (unpaired) electrons. The van der Waals surface area contributed by atoms with Crippen LogP contribution in [0.1, 0.15) is 25.2 Å². The fraction of sp³-hybridized carbons (Fsp3) is 0.304. The molecule has 1 aliphatic heterocycles. The summed E-state index contributed by atoms with van der Waals surface area (Å²) in [5.41, 5.74) is 2.49. The van der Waals surface area contributed by atoms with Gasteiger partial charge in [0.2, 0.25) is 27.6 Å². The summed E-state index contributed by atoms with van der Waals surface area (Å²) >= 11 is 0. The molecule has 0 fully saturated rings. The third-order valence-electron chi connectivity index (χ3n) is 5.25. The molecule has 3 N–H and O–H groups in total. The summed E-state index contributed by atoms with van der Waals surface area (Å²) in [5.74, 6) is 0.797. The van der Waals surface area contributed by atoms with E-state index in [1.807, 2.05) is 12.2 Å². The van der Waals surface area contributed by atoms with E-state index in [2.05, 4.69) is 35.7 Å². The van der Waals surface area contributed by atoms with Crippen molar-refractivity contribution >= 4 is 27.5 Å². The number of nitrogens with one attached hydrogen (secondary N) is 3. The van der Waals surface area contributed by atoms with Gasteiger partial charge in [-0.3, -0.25) is 14.3 Å². The number of azo groups is 1. The van der Waals surface area contributed by atoms with Gasteiger partial charge in [0.1, 0.15) is 0 Å². The van der Waals surface area contributed by atoms with Gasteiger partial charge in [0.25, 0.3) is 5.91 Å². The number of carbonyl (C=O) groups is 2. The molecule has 0 atom stereocenters. The number of amides is 2. The standard InChI is InChI=1S/C23H25N7O5S/c1-36(33,34)30-16-9-7-15(8-10-16)21-26-20(35-29-21)12-11-19(31)24-13-4-14-25-22-17-5-2-3-6-18(17)23(32)28-27-22/h2-3,6-10,25,30H,4-5,11-14H2,1H3,(H,24,31). The van der Waals surface area contributed by atoms with Crippen LogP contribution in [-0.2, 0) is 26.0 Å². The maximum absolute atomic E-state index is 12.2. The lowest BCUT2D eigenvalue weighted by Gasteiger charge is -2.18. The van der Waals surface area contributed by atoms with Gasteiger partial charge in [-0.25, -0.2) is 8.42 Å². The molecule has 1 aromatic heterocycles. The molecule has 2 amide bonds. The van der Waals surface area contributed by atoms with Gasteiger partial charge in [0, 0.05) is 42.8 Å². The SMILES string of the molecule is CS(=O)(=O)Nc1ccc(-c2noc(CCC(=O)NCCCNC3=C4CC=CC=C4C(=O)N=N3)n2)cc1. The van der Waals surface area contributed by atoms with E-state index in [-0.39, 0.29) is 24.7 Å². The first-order valence-electron chi connectivity index (χ1n) is 11.3. The molecule has 0 spiro atoms. The van der Waals surface area contributed by atoms with Crippen LogP contribution in [0.3, 0.4) is 0 Å². The van der Waals surface area contributed by atoms with Crippen molar-refractivity contribution in [1.82, 2.24) is 20.8 Å². The molecular formula is C23H25N7O5S. The van der Waals surface area contributed by atoms with Crippen molar-refractivity contribution in [3.05, 3.63) is 65.4 Å². The molecule has 2 aromatic rings. The Balaban J connectivity index is 1.17. The largest absolute Gasteiger partial charge is 0.368 e. The fourth-order valence-corrected chi connectivity index (χ4v) is 4.11. The fourth-order valence-electron chi connectivity index (χ4n) is 3.54. The van der Waals surface area contributed by atoms with Gasteiger partial charge in [-0.2, -0.15) is 4.98 Å². The zero-order valence-electron chi connectivity index (χ0n) is 19.5. The Kier molecular flexibility index (Phi) is 7.68. The number of allylic oxidation sites excluding steroid dienone is 3. The zero-order chi connectivity index (χ0) is 25.5. The Morgan fingerprint density at radius 1 is 1.14 bits per heavy atom. The van der Waals surface area contributed by atoms with Crippen molar-refractivity contribution in [3.63, 3.8) is 0 Å². The van der Waals surface area contributed by atoms with E-state index in [1.165, 1.54) is 0 Å². The number of hydrogen-bond acceptors (Lipinski definition) is 9. The normalized spacial score (nSPS) is 14.9. The average molecular weight is 512 g/mol. The molecule has 0 saturated heterocycles. The third-order valence-corrected chi connectivity index (χ3v) is 5.86. The molecule has 1 aromatic carbocycles. The summed E-state index contributed by atoms with van der Waals surface area (Å²) < 4.78 is 30.2. The van der Waals surface area contributed by atoms with Crippen molar-refractivity contribution < 1.29 is 22.5 Å². The second-order valence-electron chi connectivity index (χ2n) is 8.14. The van der Waals surface area contributed by atoms with E-state index in [9.17, 15) is 18.0 Å². The van der Waals surface area contributed by atoms with Crippen molar-refractivity contribution in [2.24, 2.45) is 10.2 Å². The number of aromatic nitrogens is 2. The average Bonchev–Trinajstić information content (AvgIpc) is 3.33. The maximum atomic E-state index is 12.2. The predicted molar refractivity (Wildman–Crippen MR) is 131 cm³/mol. The van der Waals surface area contributed by atoms with Crippen LogP contribution in [0.15, 0.2) is 74.2 Å². The third kappa shape index (κ3) is 6.72. The van der Waals surface area contributed by atoms with Crippen molar-refractivity contribution in [2.45, 2.75) is 25.7 Å². The summed E-state index contributed by atoms with van der Waals surface area (Å²) in [6.45, 7) is 1.03. The molecule has 0 unspecified atom stereocenters. The monoisotopic (exact) mass is 511 g/mol. The predicted octanol–water partition coefficient (Wildman–Crippen LogP) is 2.23. The second kappa shape index (κ2) is 11.1. The van der Waals surface area contributed by atoms with Crippen LogP contribution in [0.4, 0.5) is 5.69 Å². The van der Waals surface area contributed by atoms with Crippen molar-refractivity contribution in [1.29, 1.82) is 0 Å². The summed E-state index contributed by atoms with van der Waals surface area (Å²) in [4.78, 5) is 28.3. The zero-order valence-corrected chi connectivity index (χ0v) is 20.3. The van der Waals surface area contributed by atoms with Crippen LogP contribution in [0.25, 0.3) is 11.4 Å². The summed E-state index contributed by atoms with van der Waals surface area (Å²) in [5, 5.41) is 17.6. The van der Waals surface area contributed by atoms with Crippen molar-refractivity contribution in [3.8, 4) is 11.4 Å². The number of aryl methyl sites for hydroxylation is 1. The topological polar surface area (TPSA) is 168 Å². The van der Waals surface area contributed by atoms with E-state index in [0.717, 1.165) is 11.8 Å². The molecule has 36 heavy (non-hydrogen) atoms.